The predicted molar refractivity (Wildman–Crippen MR) is 48.0 cm³/mol. The SMILES string of the molecule is C[Si](C)(C)OC1COS(=O)(=O)C1. The Morgan fingerprint density at radius 3 is 2.33 bits per heavy atom. The van der Waals surface area contributed by atoms with Crippen LogP contribution in [0, 0.1) is 0 Å². The third-order valence-corrected chi connectivity index (χ3v) is 3.66. The Labute approximate surface area is 74.1 Å². The van der Waals surface area contributed by atoms with Gasteiger partial charge in [0.25, 0.3) is 10.1 Å². The normalized spacial score (nSPS) is 29.1. The van der Waals surface area contributed by atoms with E-state index in [0.717, 1.165) is 0 Å². The highest BCUT2D eigenvalue weighted by Gasteiger charge is 2.32. The molecule has 0 aliphatic carbocycles. The van der Waals surface area contributed by atoms with Crippen molar-refractivity contribution in [2.24, 2.45) is 0 Å². The largest absolute Gasteiger partial charge is 0.411 e. The summed E-state index contributed by atoms with van der Waals surface area (Å²) in [6.07, 6.45) is -0.248. The molecule has 1 aliphatic heterocycles. The average Bonchev–Trinajstić information content (AvgIpc) is 2.05. The maximum Gasteiger partial charge on any atom is 0.270 e. The van der Waals surface area contributed by atoms with Crippen molar-refractivity contribution >= 4 is 18.4 Å². The molecule has 12 heavy (non-hydrogen) atoms. The minimum atomic E-state index is -3.27. The van der Waals surface area contributed by atoms with E-state index < -0.39 is 18.4 Å². The van der Waals surface area contributed by atoms with E-state index in [4.69, 9.17) is 4.43 Å². The second-order valence-electron chi connectivity index (χ2n) is 3.86. The van der Waals surface area contributed by atoms with Crippen molar-refractivity contribution in [1.82, 2.24) is 0 Å². The fraction of sp³-hybridized carbons (Fsp3) is 1.00. The summed E-state index contributed by atoms with van der Waals surface area (Å²) in [5.41, 5.74) is 0. The van der Waals surface area contributed by atoms with Gasteiger partial charge in [0.1, 0.15) is 5.75 Å². The van der Waals surface area contributed by atoms with Crippen molar-refractivity contribution in [2.75, 3.05) is 12.4 Å². The first-order valence-electron chi connectivity index (χ1n) is 3.83. The summed E-state index contributed by atoms with van der Waals surface area (Å²) in [5.74, 6) is 0.0112. The van der Waals surface area contributed by atoms with E-state index >= 15 is 0 Å². The summed E-state index contributed by atoms with van der Waals surface area (Å²) in [6, 6.07) is 0. The lowest BCUT2D eigenvalue weighted by Gasteiger charge is -2.20. The highest BCUT2D eigenvalue weighted by Crippen LogP contribution is 2.16. The zero-order chi connectivity index (χ0) is 9.41. The molecule has 0 spiro atoms. The summed E-state index contributed by atoms with van der Waals surface area (Å²) in [4.78, 5) is 0. The Bertz CT molecular complexity index is 253. The molecule has 6 heteroatoms. The topological polar surface area (TPSA) is 52.6 Å². The Hall–Kier alpha value is 0.0869. The van der Waals surface area contributed by atoms with E-state index in [1.165, 1.54) is 0 Å². The second kappa shape index (κ2) is 3.10. The lowest BCUT2D eigenvalue weighted by atomic mass is 10.5. The van der Waals surface area contributed by atoms with Crippen LogP contribution >= 0.6 is 0 Å². The molecule has 72 valence electrons. The lowest BCUT2D eigenvalue weighted by molar-refractivity contribution is 0.173. The van der Waals surface area contributed by atoms with Crippen molar-refractivity contribution in [2.45, 2.75) is 25.7 Å². The van der Waals surface area contributed by atoms with Crippen LogP contribution in [0.4, 0.5) is 0 Å². The first kappa shape index (κ1) is 10.2. The minimum absolute atomic E-state index is 0.0112. The summed E-state index contributed by atoms with van der Waals surface area (Å²) in [6.45, 7) is 6.26. The van der Waals surface area contributed by atoms with Crippen molar-refractivity contribution in [3.8, 4) is 0 Å². The zero-order valence-electron chi connectivity index (χ0n) is 7.53. The minimum Gasteiger partial charge on any atom is -0.411 e. The van der Waals surface area contributed by atoms with Gasteiger partial charge in [-0.1, -0.05) is 0 Å². The number of rotatable bonds is 2. The standard InChI is InChI=1S/C6H14O4SSi/c1-12(2,3)10-6-4-9-11(7,8)5-6/h6H,4-5H2,1-3H3. The van der Waals surface area contributed by atoms with E-state index in [-0.39, 0.29) is 18.5 Å². The first-order chi connectivity index (χ1) is 5.29. The fourth-order valence-corrected chi connectivity index (χ4v) is 3.42. The molecule has 1 saturated heterocycles. The highest BCUT2D eigenvalue weighted by atomic mass is 32.2. The van der Waals surface area contributed by atoms with Crippen molar-refractivity contribution in [1.29, 1.82) is 0 Å². The third kappa shape index (κ3) is 3.22. The molecule has 1 atom stereocenters. The fourth-order valence-electron chi connectivity index (χ4n) is 1.07. The van der Waals surface area contributed by atoms with Crippen molar-refractivity contribution in [3.05, 3.63) is 0 Å². The highest BCUT2D eigenvalue weighted by molar-refractivity contribution is 7.87. The molecular weight excluding hydrogens is 196 g/mol. The Kier molecular flexibility index (Phi) is 2.62. The van der Waals surface area contributed by atoms with Gasteiger partial charge in [-0.2, -0.15) is 8.42 Å². The molecule has 0 saturated carbocycles. The average molecular weight is 210 g/mol. The summed E-state index contributed by atoms with van der Waals surface area (Å²) in [5, 5.41) is 0. The van der Waals surface area contributed by atoms with Gasteiger partial charge >= 0.3 is 0 Å². The molecular formula is C6H14O4SSi. The van der Waals surface area contributed by atoms with Crippen LogP contribution < -0.4 is 0 Å². The maximum atomic E-state index is 10.8. The molecule has 0 aromatic carbocycles. The molecule has 0 aromatic rings. The molecule has 1 unspecified atom stereocenters. The predicted octanol–water partition coefficient (Wildman–Crippen LogP) is 0.567. The molecule has 0 amide bonds. The van der Waals surface area contributed by atoms with Gasteiger partial charge in [-0.15, -0.1) is 0 Å². The monoisotopic (exact) mass is 210 g/mol. The smallest absolute Gasteiger partial charge is 0.270 e. The van der Waals surface area contributed by atoms with Crippen LogP contribution in [0.25, 0.3) is 0 Å². The molecule has 4 nitrogen and oxygen atoms in total. The molecule has 0 bridgehead atoms. The second-order valence-corrected chi connectivity index (χ2v) is 10.0. The lowest BCUT2D eigenvalue weighted by Crippen LogP contribution is -2.33. The quantitative estimate of drug-likeness (QED) is 0.494. The van der Waals surface area contributed by atoms with Gasteiger partial charge in [-0.05, 0) is 19.6 Å². The summed E-state index contributed by atoms with van der Waals surface area (Å²) in [7, 11) is -4.90. The van der Waals surface area contributed by atoms with Crippen molar-refractivity contribution in [3.63, 3.8) is 0 Å². The van der Waals surface area contributed by atoms with Gasteiger partial charge < -0.3 is 4.43 Å². The summed E-state index contributed by atoms with van der Waals surface area (Å²) >= 11 is 0. The van der Waals surface area contributed by atoms with Crippen LogP contribution in [0.1, 0.15) is 0 Å². The zero-order valence-corrected chi connectivity index (χ0v) is 9.35. The van der Waals surface area contributed by atoms with Gasteiger partial charge in [-0.3, -0.25) is 4.18 Å². The van der Waals surface area contributed by atoms with E-state index in [0.29, 0.717) is 0 Å². The summed E-state index contributed by atoms with van der Waals surface area (Å²) < 4.78 is 31.8. The number of hydrogen-bond donors (Lipinski definition) is 0. The molecule has 0 N–H and O–H groups in total. The van der Waals surface area contributed by atoms with Crippen LogP contribution in [-0.4, -0.2) is 35.2 Å². The van der Waals surface area contributed by atoms with Gasteiger partial charge in [0, 0.05) is 0 Å². The van der Waals surface area contributed by atoms with E-state index in [1.54, 1.807) is 0 Å². The van der Waals surface area contributed by atoms with Gasteiger partial charge in [0.2, 0.25) is 0 Å². The third-order valence-electron chi connectivity index (χ3n) is 1.34. The van der Waals surface area contributed by atoms with E-state index in [1.807, 2.05) is 19.6 Å². The van der Waals surface area contributed by atoms with E-state index in [9.17, 15) is 8.42 Å². The van der Waals surface area contributed by atoms with Gasteiger partial charge in [-0.25, -0.2) is 0 Å². The Morgan fingerprint density at radius 2 is 2.00 bits per heavy atom. The Morgan fingerprint density at radius 1 is 1.42 bits per heavy atom. The first-order valence-corrected chi connectivity index (χ1v) is 8.82. The maximum absolute atomic E-state index is 10.8. The molecule has 0 aromatic heterocycles. The van der Waals surface area contributed by atoms with Crippen LogP contribution in [0.3, 0.4) is 0 Å². The molecule has 1 rings (SSSR count). The van der Waals surface area contributed by atoms with Gasteiger partial charge in [0.15, 0.2) is 8.32 Å². The molecule has 1 heterocycles. The molecule has 1 aliphatic rings. The van der Waals surface area contributed by atoms with Crippen LogP contribution in [0.15, 0.2) is 0 Å². The van der Waals surface area contributed by atoms with Crippen LogP contribution in [-0.2, 0) is 18.7 Å². The molecule has 0 radical (unpaired) electrons. The van der Waals surface area contributed by atoms with E-state index in [2.05, 4.69) is 4.18 Å². The van der Waals surface area contributed by atoms with Crippen LogP contribution in [0.5, 0.6) is 0 Å². The van der Waals surface area contributed by atoms with Gasteiger partial charge in [0.05, 0.1) is 12.7 Å². The Balaban J connectivity index is 2.49. The molecule has 1 fully saturated rings. The number of hydrogen-bond acceptors (Lipinski definition) is 4. The van der Waals surface area contributed by atoms with Crippen molar-refractivity contribution < 1.29 is 17.0 Å². The van der Waals surface area contributed by atoms with Crippen LogP contribution in [0.2, 0.25) is 19.6 Å².